The number of carbonyl (C=O) groups excluding carboxylic acids is 3. The van der Waals surface area contributed by atoms with Crippen LogP contribution in [0.4, 0.5) is 11.4 Å². The first-order valence-electron chi connectivity index (χ1n) is 7.17. The first-order valence-corrected chi connectivity index (χ1v) is 8.93. The number of primary amides is 1. The smallest absolute Gasteiger partial charge is 0.265 e. The van der Waals surface area contributed by atoms with Crippen LogP contribution in [0, 0.1) is 0 Å². The zero-order valence-corrected chi connectivity index (χ0v) is 14.4. The summed E-state index contributed by atoms with van der Waals surface area (Å²) in [5, 5.41) is 8.99. The van der Waals surface area contributed by atoms with Crippen molar-refractivity contribution >= 4 is 51.8 Å². The van der Waals surface area contributed by atoms with Gasteiger partial charge in [0, 0.05) is 16.9 Å². The Morgan fingerprint density at radius 3 is 1.64 bits per heavy atom. The lowest BCUT2D eigenvalue weighted by Gasteiger charge is -2.10. The molecule has 4 N–H and O–H groups in total. The van der Waals surface area contributed by atoms with Crippen LogP contribution in [0.15, 0.2) is 53.2 Å². The minimum atomic E-state index is -0.654. The van der Waals surface area contributed by atoms with Crippen LogP contribution in [0.5, 0.6) is 0 Å². The molecule has 0 fully saturated rings. The van der Waals surface area contributed by atoms with Crippen molar-refractivity contribution in [1.29, 1.82) is 0 Å². The van der Waals surface area contributed by atoms with Gasteiger partial charge in [-0.15, -0.1) is 22.7 Å². The quantitative estimate of drug-likeness (QED) is 0.640. The van der Waals surface area contributed by atoms with Crippen LogP contribution in [0.2, 0.25) is 0 Å². The van der Waals surface area contributed by atoms with Crippen molar-refractivity contribution < 1.29 is 14.4 Å². The molecule has 2 aromatic heterocycles. The van der Waals surface area contributed by atoms with Gasteiger partial charge in [-0.2, -0.15) is 0 Å². The van der Waals surface area contributed by atoms with E-state index in [0.29, 0.717) is 21.1 Å². The molecule has 0 saturated heterocycles. The van der Waals surface area contributed by atoms with Crippen molar-refractivity contribution in [2.75, 3.05) is 10.6 Å². The van der Waals surface area contributed by atoms with E-state index in [1.165, 1.54) is 34.8 Å². The average Bonchev–Trinajstić information content (AvgIpc) is 3.28. The highest BCUT2D eigenvalue weighted by molar-refractivity contribution is 7.12. The third kappa shape index (κ3) is 4.11. The number of nitrogens with two attached hydrogens (primary N) is 1. The minimum absolute atomic E-state index is 0.186. The molecule has 6 nitrogen and oxygen atoms in total. The maximum absolute atomic E-state index is 12.2. The van der Waals surface area contributed by atoms with Crippen molar-refractivity contribution in [1.82, 2.24) is 0 Å². The first-order chi connectivity index (χ1) is 12.0. The molecular weight excluding hydrogens is 358 g/mol. The number of nitrogens with one attached hydrogen (secondary N) is 2. The van der Waals surface area contributed by atoms with Gasteiger partial charge in [-0.1, -0.05) is 12.1 Å². The van der Waals surface area contributed by atoms with Crippen molar-refractivity contribution in [2.45, 2.75) is 0 Å². The van der Waals surface area contributed by atoms with E-state index in [0.717, 1.165) is 0 Å². The molecule has 1 aromatic carbocycles. The Kier molecular flexibility index (Phi) is 4.92. The maximum Gasteiger partial charge on any atom is 0.265 e. The predicted molar refractivity (Wildman–Crippen MR) is 99.5 cm³/mol. The molecule has 0 saturated carbocycles. The van der Waals surface area contributed by atoms with Crippen molar-refractivity contribution in [3.05, 3.63) is 68.5 Å². The van der Waals surface area contributed by atoms with E-state index in [1.807, 2.05) is 0 Å². The van der Waals surface area contributed by atoms with Crippen LogP contribution < -0.4 is 16.4 Å². The van der Waals surface area contributed by atoms with Gasteiger partial charge in [-0.3, -0.25) is 14.4 Å². The van der Waals surface area contributed by atoms with E-state index in [4.69, 9.17) is 5.73 Å². The van der Waals surface area contributed by atoms with Gasteiger partial charge in [0.2, 0.25) is 5.91 Å². The topological polar surface area (TPSA) is 101 Å². The molecular formula is C17H13N3O3S2. The Morgan fingerprint density at radius 1 is 0.800 bits per heavy atom. The zero-order valence-electron chi connectivity index (χ0n) is 12.8. The average molecular weight is 371 g/mol. The van der Waals surface area contributed by atoms with Crippen LogP contribution in [0.3, 0.4) is 0 Å². The highest BCUT2D eigenvalue weighted by Crippen LogP contribution is 2.22. The number of thiophene rings is 2. The Labute approximate surface area is 151 Å². The van der Waals surface area contributed by atoms with Crippen molar-refractivity contribution in [2.24, 2.45) is 5.73 Å². The second-order valence-electron chi connectivity index (χ2n) is 5.03. The van der Waals surface area contributed by atoms with Gasteiger partial charge in [-0.05, 0) is 41.1 Å². The molecule has 2 heterocycles. The van der Waals surface area contributed by atoms with E-state index in [9.17, 15) is 14.4 Å². The molecule has 126 valence electrons. The van der Waals surface area contributed by atoms with Crippen LogP contribution in [0.25, 0.3) is 0 Å². The number of hydrogen-bond donors (Lipinski definition) is 3. The van der Waals surface area contributed by atoms with E-state index in [2.05, 4.69) is 10.6 Å². The fraction of sp³-hybridized carbons (Fsp3) is 0. The van der Waals surface area contributed by atoms with E-state index < -0.39 is 5.91 Å². The second kappa shape index (κ2) is 7.29. The molecule has 0 aliphatic carbocycles. The molecule has 0 bridgehead atoms. The van der Waals surface area contributed by atoms with E-state index >= 15 is 0 Å². The number of carbonyl (C=O) groups is 3. The highest BCUT2D eigenvalue weighted by atomic mass is 32.1. The van der Waals surface area contributed by atoms with Gasteiger partial charge in [-0.25, -0.2) is 0 Å². The Hall–Kier alpha value is -2.97. The molecule has 0 unspecified atom stereocenters. The molecule has 8 heteroatoms. The number of amides is 3. The van der Waals surface area contributed by atoms with E-state index in [1.54, 1.807) is 41.1 Å². The van der Waals surface area contributed by atoms with E-state index in [-0.39, 0.29) is 17.4 Å². The number of anilines is 2. The molecule has 0 spiro atoms. The number of hydrogen-bond acceptors (Lipinski definition) is 5. The lowest BCUT2D eigenvalue weighted by atomic mass is 10.1. The van der Waals surface area contributed by atoms with Gasteiger partial charge >= 0.3 is 0 Å². The lowest BCUT2D eigenvalue weighted by Crippen LogP contribution is -2.16. The summed E-state index contributed by atoms with van der Waals surface area (Å²) in [5.74, 6) is -1.25. The van der Waals surface area contributed by atoms with Crippen LogP contribution >= 0.6 is 22.7 Å². The summed E-state index contributed by atoms with van der Waals surface area (Å²) >= 11 is 2.60. The third-order valence-electron chi connectivity index (χ3n) is 3.22. The van der Waals surface area contributed by atoms with Gasteiger partial charge in [0.25, 0.3) is 11.8 Å². The normalized spacial score (nSPS) is 10.2. The predicted octanol–water partition coefficient (Wildman–Crippen LogP) is 3.41. The van der Waals surface area contributed by atoms with Gasteiger partial charge in [0.05, 0.1) is 9.75 Å². The molecule has 3 amide bonds. The molecule has 3 aromatic rings. The molecule has 0 atom stereocenters. The lowest BCUT2D eigenvalue weighted by molar-refractivity contribution is 0.0994. The summed E-state index contributed by atoms with van der Waals surface area (Å²) in [6.07, 6.45) is 0. The fourth-order valence-electron chi connectivity index (χ4n) is 2.12. The van der Waals surface area contributed by atoms with Crippen LogP contribution in [-0.2, 0) is 0 Å². The molecule has 25 heavy (non-hydrogen) atoms. The Bertz CT molecular complexity index is 852. The number of benzene rings is 1. The second-order valence-corrected chi connectivity index (χ2v) is 6.92. The summed E-state index contributed by atoms with van der Waals surface area (Å²) in [5.41, 5.74) is 6.27. The van der Waals surface area contributed by atoms with Crippen LogP contribution in [-0.4, -0.2) is 17.7 Å². The van der Waals surface area contributed by atoms with Crippen molar-refractivity contribution in [3.63, 3.8) is 0 Å². The number of rotatable bonds is 5. The zero-order chi connectivity index (χ0) is 17.8. The van der Waals surface area contributed by atoms with Crippen molar-refractivity contribution in [3.8, 4) is 0 Å². The third-order valence-corrected chi connectivity index (χ3v) is 4.96. The summed E-state index contributed by atoms with van der Waals surface area (Å²) in [4.78, 5) is 37.0. The first kappa shape index (κ1) is 16.9. The molecule has 0 aliphatic heterocycles. The van der Waals surface area contributed by atoms with Gasteiger partial charge in [0.15, 0.2) is 0 Å². The highest BCUT2D eigenvalue weighted by Gasteiger charge is 2.13. The molecule has 0 aliphatic rings. The Morgan fingerprint density at radius 2 is 1.28 bits per heavy atom. The van der Waals surface area contributed by atoms with Gasteiger partial charge in [0.1, 0.15) is 0 Å². The fourth-order valence-corrected chi connectivity index (χ4v) is 3.35. The molecule has 3 rings (SSSR count). The summed E-state index contributed by atoms with van der Waals surface area (Å²) in [7, 11) is 0. The van der Waals surface area contributed by atoms with Gasteiger partial charge < -0.3 is 16.4 Å². The Balaban J connectivity index is 1.85. The minimum Gasteiger partial charge on any atom is -0.366 e. The summed E-state index contributed by atoms with van der Waals surface area (Å²) in [6, 6.07) is 11.4. The summed E-state index contributed by atoms with van der Waals surface area (Å²) in [6.45, 7) is 0. The largest absolute Gasteiger partial charge is 0.366 e. The SMILES string of the molecule is NC(=O)c1cc(NC(=O)c2cccs2)cc(NC(=O)c2cccs2)c1. The maximum atomic E-state index is 12.2. The standard InChI is InChI=1S/C17H13N3O3S2/c18-15(21)10-7-11(19-16(22)13-3-1-5-24-13)9-12(8-10)20-17(23)14-4-2-6-25-14/h1-9H,(H2,18,21)(H,19,22)(H,20,23). The van der Waals surface area contributed by atoms with Crippen LogP contribution in [0.1, 0.15) is 29.7 Å². The molecule has 0 radical (unpaired) electrons. The monoisotopic (exact) mass is 371 g/mol. The summed E-state index contributed by atoms with van der Waals surface area (Å²) < 4.78 is 0.